The second-order valence-corrected chi connectivity index (χ2v) is 15.5. The van der Waals surface area contributed by atoms with E-state index in [4.69, 9.17) is 27.9 Å². The maximum Gasteiger partial charge on any atom is 0.369 e. The summed E-state index contributed by atoms with van der Waals surface area (Å²) >= 11 is 21.1. The lowest BCUT2D eigenvalue weighted by Crippen LogP contribution is -1.95. The molecule has 0 spiro atoms. The summed E-state index contributed by atoms with van der Waals surface area (Å²) in [6.07, 6.45) is 3.02. The molecule has 11 heteroatoms. The van der Waals surface area contributed by atoms with Gasteiger partial charge in [-0.3, -0.25) is 0 Å². The van der Waals surface area contributed by atoms with E-state index < -0.39 is 0 Å². The fraction of sp³-hybridized carbons (Fsp3) is 0.0714. The Kier molecular flexibility index (Phi) is 10.5. The maximum atomic E-state index is 9.77. The molecule has 0 radical (unpaired) electrons. The summed E-state index contributed by atoms with van der Waals surface area (Å²) in [5, 5.41) is 11.7. The van der Waals surface area contributed by atoms with E-state index in [1.165, 1.54) is 17.2 Å². The lowest BCUT2D eigenvalue weighted by Gasteiger charge is -2.08. The molecule has 0 fully saturated rings. The van der Waals surface area contributed by atoms with Crippen molar-refractivity contribution in [2.75, 3.05) is 7.11 Å². The molecule has 2 N–H and O–H groups in total. The molecular formula is C28H21BBr3Cl2N3O2. The Morgan fingerprint density at radius 1 is 0.872 bits per heavy atom. The highest BCUT2D eigenvalue weighted by Gasteiger charge is 2.18. The van der Waals surface area contributed by atoms with Crippen molar-refractivity contribution in [2.45, 2.75) is 6.42 Å². The van der Waals surface area contributed by atoms with Crippen molar-refractivity contribution in [3.8, 4) is 22.9 Å². The summed E-state index contributed by atoms with van der Waals surface area (Å²) in [5.41, 5.74) is 6.77. The van der Waals surface area contributed by atoms with Crippen LogP contribution in [0, 0.1) is 0 Å². The van der Waals surface area contributed by atoms with Gasteiger partial charge in [-0.25, -0.2) is 9.97 Å². The normalized spacial score (nSPS) is 11.5. The van der Waals surface area contributed by atoms with Crippen molar-refractivity contribution in [1.29, 1.82) is 0 Å². The standard InChI is InChI=1S/C15H12ClNO.C13H9ClN2O.BBr3/c1-18-13-6-7-14(16)17-15(13)12-8-10-4-2-3-5-11(10)9-12;14-12-6-5-11(17)13(16-12)10-7-8-3-1-2-4-9(8)15-10;2-1(3)4/h2-8H,9H2,1H3;1-7,15,17H;. The first kappa shape index (κ1) is 29.7. The largest absolute Gasteiger partial charge is 0.506 e. The van der Waals surface area contributed by atoms with Gasteiger partial charge in [-0.2, -0.15) is 0 Å². The van der Waals surface area contributed by atoms with Gasteiger partial charge in [0.1, 0.15) is 33.2 Å². The number of H-pyrrole nitrogens is 1. The zero-order chi connectivity index (χ0) is 27.9. The molecular weight excluding hydrogens is 732 g/mol. The number of benzene rings is 2. The summed E-state index contributed by atoms with van der Waals surface area (Å²) in [4.78, 5) is 11.7. The maximum absolute atomic E-state index is 9.77. The first-order valence-electron chi connectivity index (χ1n) is 11.6. The van der Waals surface area contributed by atoms with E-state index in [1.54, 1.807) is 19.2 Å². The van der Waals surface area contributed by atoms with Crippen LogP contribution in [0.15, 0.2) is 78.9 Å². The minimum absolute atomic E-state index is 0.112. The van der Waals surface area contributed by atoms with Crippen LogP contribution in [0.25, 0.3) is 33.9 Å². The molecule has 0 bridgehead atoms. The monoisotopic (exact) mass is 749 g/mol. The number of hydrogen-bond donors (Lipinski definition) is 2. The molecule has 39 heavy (non-hydrogen) atoms. The third kappa shape index (κ3) is 7.89. The molecule has 0 atom stereocenters. The molecule has 6 rings (SSSR count). The lowest BCUT2D eigenvalue weighted by atomic mass is 10.1. The Morgan fingerprint density at radius 2 is 1.51 bits per heavy atom. The Bertz CT molecular complexity index is 1590. The number of aromatic nitrogens is 3. The van der Waals surface area contributed by atoms with E-state index in [1.807, 2.05) is 42.5 Å². The van der Waals surface area contributed by atoms with Crippen LogP contribution >= 0.6 is 70.5 Å². The van der Waals surface area contributed by atoms with Crippen LogP contribution in [-0.2, 0) is 6.42 Å². The highest BCUT2D eigenvalue weighted by atomic mass is 79.9. The molecule has 0 saturated carbocycles. The first-order valence-corrected chi connectivity index (χ1v) is 15.1. The number of pyridine rings is 2. The molecule has 0 amide bonds. The molecule has 1 aliphatic rings. The van der Waals surface area contributed by atoms with Crippen LogP contribution in [0.5, 0.6) is 11.5 Å². The van der Waals surface area contributed by atoms with Crippen molar-refractivity contribution in [3.05, 3.63) is 106 Å². The quantitative estimate of drug-likeness (QED) is 0.142. The summed E-state index contributed by atoms with van der Waals surface area (Å²) in [5.74, 6) is 0.874. The number of fused-ring (bicyclic) bond motifs is 2. The van der Waals surface area contributed by atoms with Crippen LogP contribution in [0.2, 0.25) is 10.3 Å². The number of allylic oxidation sites excluding steroid dienone is 1. The molecule has 0 unspecified atom stereocenters. The van der Waals surface area contributed by atoms with Crippen LogP contribution in [0.1, 0.15) is 16.8 Å². The van der Waals surface area contributed by atoms with E-state index in [9.17, 15) is 5.11 Å². The van der Waals surface area contributed by atoms with Crippen molar-refractivity contribution in [3.63, 3.8) is 0 Å². The van der Waals surface area contributed by atoms with Gasteiger partial charge in [0.25, 0.3) is 0 Å². The van der Waals surface area contributed by atoms with Gasteiger partial charge in [-0.05, 0) is 59.2 Å². The van der Waals surface area contributed by atoms with Crippen LogP contribution in [0.3, 0.4) is 0 Å². The molecule has 3 aromatic heterocycles. The van der Waals surface area contributed by atoms with Crippen LogP contribution < -0.4 is 4.74 Å². The zero-order valence-electron chi connectivity index (χ0n) is 20.5. The number of nitrogens with zero attached hydrogens (tertiary/aromatic N) is 2. The summed E-state index contributed by atoms with van der Waals surface area (Å²) < 4.78 is 5.62. The number of rotatable bonds is 3. The minimum Gasteiger partial charge on any atom is -0.506 e. The first-order chi connectivity index (χ1) is 18.7. The molecule has 0 saturated heterocycles. The van der Waals surface area contributed by atoms with Crippen molar-refractivity contribution in [2.24, 2.45) is 0 Å². The topological polar surface area (TPSA) is 71.0 Å². The summed E-state index contributed by atoms with van der Waals surface area (Å²) in [6, 6.07) is 24.9. The number of para-hydroxylation sites is 1. The molecule has 3 heterocycles. The number of hydrogen-bond acceptors (Lipinski definition) is 4. The number of ether oxygens (including phenoxy) is 1. The summed E-state index contributed by atoms with van der Waals surface area (Å²) in [6.45, 7) is 0. The highest BCUT2D eigenvalue weighted by molar-refractivity contribution is 9.69. The van der Waals surface area contributed by atoms with E-state index >= 15 is 0 Å². The second kappa shape index (κ2) is 13.9. The number of nitrogens with one attached hydrogen (secondary N) is 1. The van der Waals surface area contributed by atoms with E-state index in [0.29, 0.717) is 16.0 Å². The number of methoxy groups -OCH3 is 1. The second-order valence-electron chi connectivity index (χ2n) is 8.25. The van der Waals surface area contributed by atoms with Gasteiger partial charge >= 0.3 is 3.18 Å². The Balaban J connectivity index is 0.000000160. The number of aromatic amines is 1. The zero-order valence-corrected chi connectivity index (χ0v) is 26.8. The third-order valence-corrected chi connectivity index (χ3v) is 6.16. The predicted octanol–water partition coefficient (Wildman–Crippen LogP) is 9.59. The van der Waals surface area contributed by atoms with Gasteiger partial charge in [0, 0.05) is 17.3 Å². The molecule has 5 aromatic rings. The van der Waals surface area contributed by atoms with Gasteiger partial charge in [0.15, 0.2) is 0 Å². The number of halogens is 5. The molecule has 2 aromatic carbocycles. The van der Waals surface area contributed by atoms with Gasteiger partial charge in [0.2, 0.25) is 0 Å². The third-order valence-electron chi connectivity index (χ3n) is 5.74. The van der Waals surface area contributed by atoms with Crippen molar-refractivity contribution in [1.82, 2.24) is 15.0 Å². The average Bonchev–Trinajstić information content (AvgIpc) is 3.54. The SMILES string of the molecule is BrB(Br)Br.COc1ccc(Cl)nc1C1=Cc2ccccc2C1.Oc1ccc(Cl)nc1-c1cc2ccccc2[nH]1. The van der Waals surface area contributed by atoms with Gasteiger partial charge in [0.05, 0.1) is 12.8 Å². The van der Waals surface area contributed by atoms with Gasteiger partial charge in [-0.15, -0.1) is 47.3 Å². The number of aromatic hydroxyl groups is 1. The average molecular weight is 753 g/mol. The minimum atomic E-state index is 0.112. The lowest BCUT2D eigenvalue weighted by molar-refractivity contribution is 0.411. The van der Waals surface area contributed by atoms with E-state index in [-0.39, 0.29) is 8.93 Å². The Morgan fingerprint density at radius 3 is 2.21 bits per heavy atom. The Hall–Kier alpha value is -2.30. The van der Waals surface area contributed by atoms with Gasteiger partial charge < -0.3 is 14.8 Å². The predicted molar refractivity (Wildman–Crippen MR) is 175 cm³/mol. The van der Waals surface area contributed by atoms with E-state index in [0.717, 1.165) is 40.0 Å². The van der Waals surface area contributed by atoms with Crippen LogP contribution in [-0.4, -0.2) is 30.4 Å². The molecule has 5 nitrogen and oxygen atoms in total. The summed E-state index contributed by atoms with van der Waals surface area (Å²) in [7, 11) is 1.65. The van der Waals surface area contributed by atoms with Crippen LogP contribution in [0.4, 0.5) is 0 Å². The molecule has 1 aliphatic carbocycles. The van der Waals surface area contributed by atoms with Gasteiger partial charge in [-0.1, -0.05) is 65.7 Å². The fourth-order valence-corrected chi connectivity index (χ4v) is 4.37. The van der Waals surface area contributed by atoms with E-state index in [2.05, 4.69) is 86.5 Å². The Labute approximate surface area is 261 Å². The molecule has 198 valence electrons. The van der Waals surface area contributed by atoms with Crippen molar-refractivity contribution >= 4 is 96.2 Å². The van der Waals surface area contributed by atoms with Crippen molar-refractivity contribution < 1.29 is 9.84 Å². The molecule has 0 aliphatic heterocycles. The highest BCUT2D eigenvalue weighted by Crippen LogP contribution is 2.35. The smallest absolute Gasteiger partial charge is 0.369 e. The fourth-order valence-electron chi connectivity index (χ4n) is 4.08.